The lowest BCUT2D eigenvalue weighted by atomic mass is 10.1. The molecule has 142 valence electrons. The average molecular weight is 381 g/mol. The number of ether oxygens (including phenoxy) is 2. The highest BCUT2D eigenvalue weighted by atomic mass is 16.7. The molecule has 0 unspecified atom stereocenters. The summed E-state index contributed by atoms with van der Waals surface area (Å²) in [6.07, 6.45) is 0. The van der Waals surface area contributed by atoms with Gasteiger partial charge in [-0.1, -0.05) is 24.3 Å². The van der Waals surface area contributed by atoms with Crippen LogP contribution in [0.3, 0.4) is 0 Å². The number of fused-ring (bicyclic) bond motifs is 2. The third-order valence-electron chi connectivity index (χ3n) is 4.29. The van der Waals surface area contributed by atoms with Gasteiger partial charge in [0.05, 0.1) is 5.39 Å². The van der Waals surface area contributed by atoms with Gasteiger partial charge in [-0.05, 0) is 23.8 Å². The van der Waals surface area contributed by atoms with Crippen LogP contribution in [0.25, 0.3) is 10.8 Å². The number of carbonyl (C=O) groups is 2. The monoisotopic (exact) mass is 381 g/mol. The number of aromatic nitrogens is 2. The van der Waals surface area contributed by atoms with Crippen LogP contribution in [-0.4, -0.2) is 33.6 Å². The van der Waals surface area contributed by atoms with E-state index >= 15 is 0 Å². The van der Waals surface area contributed by atoms with Crippen LogP contribution in [0.4, 0.5) is 0 Å². The molecule has 0 saturated heterocycles. The van der Waals surface area contributed by atoms with E-state index in [2.05, 4.69) is 10.4 Å². The highest BCUT2D eigenvalue weighted by molar-refractivity contribution is 6.01. The summed E-state index contributed by atoms with van der Waals surface area (Å²) in [6, 6.07) is 11.6. The SMILES string of the molecule is O=C(Cn1nc(C(=O)O)c2ccccc2c1=O)NCc1ccc2c(c1)OCO2. The van der Waals surface area contributed by atoms with Gasteiger partial charge >= 0.3 is 5.97 Å². The molecular weight excluding hydrogens is 366 g/mol. The van der Waals surface area contributed by atoms with Crippen LogP contribution in [0.15, 0.2) is 47.3 Å². The Hall–Kier alpha value is -3.88. The number of amides is 1. The Bertz CT molecular complexity index is 1150. The fourth-order valence-electron chi connectivity index (χ4n) is 2.94. The minimum Gasteiger partial charge on any atom is -0.476 e. The summed E-state index contributed by atoms with van der Waals surface area (Å²) in [6.45, 7) is -0.0221. The smallest absolute Gasteiger partial charge is 0.357 e. The van der Waals surface area contributed by atoms with Crippen molar-refractivity contribution in [1.82, 2.24) is 15.1 Å². The summed E-state index contributed by atoms with van der Waals surface area (Å²) in [5, 5.41) is 16.3. The topological polar surface area (TPSA) is 120 Å². The summed E-state index contributed by atoms with van der Waals surface area (Å²) < 4.78 is 11.4. The number of carboxylic acid groups (broad SMARTS) is 1. The molecule has 0 saturated carbocycles. The fourth-order valence-corrected chi connectivity index (χ4v) is 2.94. The zero-order valence-corrected chi connectivity index (χ0v) is 14.5. The Labute approximate surface area is 158 Å². The van der Waals surface area contributed by atoms with Crippen LogP contribution >= 0.6 is 0 Å². The van der Waals surface area contributed by atoms with E-state index in [-0.39, 0.29) is 29.8 Å². The lowest BCUT2D eigenvalue weighted by molar-refractivity contribution is -0.122. The molecule has 9 heteroatoms. The van der Waals surface area contributed by atoms with E-state index in [1.54, 1.807) is 30.3 Å². The summed E-state index contributed by atoms with van der Waals surface area (Å²) in [4.78, 5) is 36.3. The van der Waals surface area contributed by atoms with Gasteiger partial charge < -0.3 is 19.9 Å². The number of hydrogen-bond donors (Lipinski definition) is 2. The number of carbonyl (C=O) groups excluding carboxylic acids is 1. The van der Waals surface area contributed by atoms with Crippen molar-refractivity contribution in [3.63, 3.8) is 0 Å². The van der Waals surface area contributed by atoms with Crippen molar-refractivity contribution in [2.75, 3.05) is 6.79 Å². The largest absolute Gasteiger partial charge is 0.476 e. The minimum atomic E-state index is -1.27. The number of benzene rings is 2. The van der Waals surface area contributed by atoms with Gasteiger partial charge in [-0.15, -0.1) is 0 Å². The second kappa shape index (κ2) is 7.03. The Morgan fingerprint density at radius 1 is 1.11 bits per heavy atom. The predicted octanol–water partition coefficient (Wildman–Crippen LogP) is 1.14. The molecule has 2 aromatic carbocycles. The Morgan fingerprint density at radius 3 is 2.64 bits per heavy atom. The van der Waals surface area contributed by atoms with Crippen molar-refractivity contribution >= 4 is 22.6 Å². The molecule has 1 aromatic heterocycles. The first-order valence-corrected chi connectivity index (χ1v) is 8.41. The normalized spacial score (nSPS) is 12.1. The predicted molar refractivity (Wildman–Crippen MR) is 97.4 cm³/mol. The molecule has 0 spiro atoms. The van der Waals surface area contributed by atoms with Gasteiger partial charge in [0.1, 0.15) is 6.54 Å². The molecule has 2 heterocycles. The number of nitrogens with zero attached hydrogens (tertiary/aromatic N) is 2. The van der Waals surface area contributed by atoms with Crippen LogP contribution in [0.1, 0.15) is 16.1 Å². The van der Waals surface area contributed by atoms with Gasteiger partial charge in [0.15, 0.2) is 17.2 Å². The highest BCUT2D eigenvalue weighted by Gasteiger charge is 2.17. The van der Waals surface area contributed by atoms with Crippen LogP contribution in [0.5, 0.6) is 11.5 Å². The molecule has 2 N–H and O–H groups in total. The summed E-state index contributed by atoms with van der Waals surface area (Å²) in [7, 11) is 0. The number of rotatable bonds is 5. The Kier molecular flexibility index (Phi) is 4.40. The summed E-state index contributed by atoms with van der Waals surface area (Å²) in [5.74, 6) is -0.502. The van der Waals surface area contributed by atoms with E-state index < -0.39 is 24.0 Å². The van der Waals surface area contributed by atoms with E-state index in [1.165, 1.54) is 12.1 Å². The molecule has 3 aromatic rings. The van der Waals surface area contributed by atoms with Gasteiger partial charge in [-0.2, -0.15) is 5.10 Å². The third-order valence-corrected chi connectivity index (χ3v) is 4.29. The Morgan fingerprint density at radius 2 is 1.86 bits per heavy atom. The summed E-state index contributed by atoms with van der Waals surface area (Å²) in [5.41, 5.74) is -0.0137. The van der Waals surface area contributed by atoms with E-state index in [4.69, 9.17) is 9.47 Å². The van der Waals surface area contributed by atoms with Crippen molar-refractivity contribution < 1.29 is 24.2 Å². The number of aromatic carboxylic acids is 1. The zero-order chi connectivity index (χ0) is 19.7. The van der Waals surface area contributed by atoms with Crippen molar-refractivity contribution in [2.24, 2.45) is 0 Å². The van der Waals surface area contributed by atoms with Gasteiger partial charge in [0.2, 0.25) is 12.7 Å². The van der Waals surface area contributed by atoms with Crippen LogP contribution in [0.2, 0.25) is 0 Å². The maximum absolute atomic E-state index is 12.5. The van der Waals surface area contributed by atoms with Crippen molar-refractivity contribution in [3.8, 4) is 11.5 Å². The fraction of sp³-hybridized carbons (Fsp3) is 0.158. The molecule has 0 fully saturated rings. The molecule has 0 radical (unpaired) electrons. The highest BCUT2D eigenvalue weighted by Crippen LogP contribution is 2.32. The van der Waals surface area contributed by atoms with Gasteiger partial charge in [0.25, 0.3) is 5.56 Å². The standard InChI is InChI=1S/C19H15N3O6/c23-16(20-8-11-5-6-14-15(7-11)28-10-27-14)9-22-18(24)13-4-2-1-3-12(13)17(21-22)19(25)26/h1-7H,8-10H2,(H,20,23)(H,25,26). The molecule has 9 nitrogen and oxygen atoms in total. The van der Waals surface area contributed by atoms with E-state index in [0.717, 1.165) is 10.2 Å². The quantitative estimate of drug-likeness (QED) is 0.680. The number of nitrogens with one attached hydrogen (secondary N) is 1. The molecule has 1 aliphatic rings. The van der Waals surface area contributed by atoms with E-state index in [0.29, 0.717) is 11.5 Å². The average Bonchev–Trinajstić information content (AvgIpc) is 3.16. The third kappa shape index (κ3) is 3.25. The first kappa shape index (κ1) is 17.5. The van der Waals surface area contributed by atoms with Crippen LogP contribution in [0, 0.1) is 0 Å². The van der Waals surface area contributed by atoms with E-state index in [9.17, 15) is 19.5 Å². The number of carboxylic acids is 1. The Balaban J connectivity index is 1.53. The van der Waals surface area contributed by atoms with E-state index in [1.807, 2.05) is 0 Å². The van der Waals surface area contributed by atoms with Gasteiger partial charge in [-0.3, -0.25) is 9.59 Å². The van der Waals surface area contributed by atoms with Crippen molar-refractivity contribution in [2.45, 2.75) is 13.1 Å². The van der Waals surface area contributed by atoms with Gasteiger partial charge in [-0.25, -0.2) is 9.48 Å². The lowest BCUT2D eigenvalue weighted by Crippen LogP contribution is -2.34. The first-order chi connectivity index (χ1) is 13.5. The summed E-state index contributed by atoms with van der Waals surface area (Å²) >= 11 is 0. The molecule has 4 rings (SSSR count). The van der Waals surface area contributed by atoms with Gasteiger partial charge in [0, 0.05) is 11.9 Å². The van der Waals surface area contributed by atoms with Crippen molar-refractivity contribution in [1.29, 1.82) is 0 Å². The second-order valence-electron chi connectivity index (χ2n) is 6.13. The molecule has 28 heavy (non-hydrogen) atoms. The minimum absolute atomic E-state index is 0.160. The maximum Gasteiger partial charge on any atom is 0.357 e. The molecule has 1 amide bonds. The molecule has 0 atom stereocenters. The number of hydrogen-bond acceptors (Lipinski definition) is 6. The zero-order valence-electron chi connectivity index (χ0n) is 14.5. The maximum atomic E-state index is 12.5. The second-order valence-corrected chi connectivity index (χ2v) is 6.13. The molecule has 0 aliphatic carbocycles. The molecule has 0 bridgehead atoms. The van der Waals surface area contributed by atoms with Crippen LogP contribution in [-0.2, 0) is 17.9 Å². The molecular formula is C19H15N3O6. The van der Waals surface area contributed by atoms with Crippen LogP contribution < -0.4 is 20.3 Å². The van der Waals surface area contributed by atoms with Crippen molar-refractivity contribution in [3.05, 3.63) is 64.1 Å². The molecule has 1 aliphatic heterocycles. The first-order valence-electron chi connectivity index (χ1n) is 8.41. The lowest BCUT2D eigenvalue weighted by Gasteiger charge is -2.10.